The first kappa shape index (κ1) is 11.7. The van der Waals surface area contributed by atoms with Crippen LogP contribution in [0, 0.1) is 0 Å². The molecule has 0 heterocycles. The highest BCUT2D eigenvalue weighted by Crippen LogP contribution is 2.40. The second kappa shape index (κ2) is 5.55. The highest BCUT2D eigenvalue weighted by Gasteiger charge is 2.35. The summed E-state index contributed by atoms with van der Waals surface area (Å²) in [6.07, 6.45) is 8.81. The fraction of sp³-hybridized carbons (Fsp3) is 1.00. The standard InChI is InChI=1S/C12H22O2S/c1-13-9-5-3-7-11(9)15-12-8-4-6-10(12)14-2/h9-12H,3-8H2,1-2H3. The summed E-state index contributed by atoms with van der Waals surface area (Å²) in [5.41, 5.74) is 0. The molecule has 0 aliphatic heterocycles. The van der Waals surface area contributed by atoms with Crippen molar-refractivity contribution in [2.75, 3.05) is 14.2 Å². The molecule has 2 rings (SSSR count). The summed E-state index contributed by atoms with van der Waals surface area (Å²) in [7, 11) is 3.71. The van der Waals surface area contributed by atoms with Crippen LogP contribution < -0.4 is 0 Å². The third kappa shape index (κ3) is 2.69. The van der Waals surface area contributed by atoms with Gasteiger partial charge in [0.15, 0.2) is 0 Å². The second-order valence-electron chi connectivity index (χ2n) is 4.62. The van der Waals surface area contributed by atoms with Crippen molar-refractivity contribution >= 4 is 11.8 Å². The number of hydrogen-bond acceptors (Lipinski definition) is 3. The van der Waals surface area contributed by atoms with Crippen LogP contribution in [0.2, 0.25) is 0 Å². The molecule has 4 unspecified atom stereocenters. The summed E-state index contributed by atoms with van der Waals surface area (Å²) in [4.78, 5) is 0. The minimum atomic E-state index is 0.494. The molecule has 2 aliphatic carbocycles. The molecule has 0 amide bonds. The largest absolute Gasteiger partial charge is 0.380 e. The molecule has 2 nitrogen and oxygen atoms in total. The van der Waals surface area contributed by atoms with Gasteiger partial charge in [0, 0.05) is 24.7 Å². The summed E-state index contributed by atoms with van der Waals surface area (Å²) < 4.78 is 11.1. The van der Waals surface area contributed by atoms with Gasteiger partial charge in [-0.15, -0.1) is 11.8 Å². The first-order chi connectivity index (χ1) is 7.35. The van der Waals surface area contributed by atoms with Gasteiger partial charge in [-0.25, -0.2) is 0 Å². The molecule has 0 N–H and O–H groups in total. The summed E-state index contributed by atoms with van der Waals surface area (Å²) in [5, 5.41) is 1.44. The monoisotopic (exact) mass is 230 g/mol. The molecule has 3 heteroatoms. The Balaban J connectivity index is 1.84. The summed E-state index contributed by atoms with van der Waals surface area (Å²) in [6, 6.07) is 0. The van der Waals surface area contributed by atoms with E-state index in [2.05, 4.69) is 11.8 Å². The molecular formula is C12H22O2S. The van der Waals surface area contributed by atoms with Crippen LogP contribution in [-0.4, -0.2) is 36.9 Å². The zero-order valence-electron chi connectivity index (χ0n) is 9.78. The Morgan fingerprint density at radius 1 is 0.800 bits per heavy atom. The number of hydrogen-bond donors (Lipinski definition) is 0. The quantitative estimate of drug-likeness (QED) is 0.740. The molecule has 15 heavy (non-hydrogen) atoms. The van der Waals surface area contributed by atoms with Crippen LogP contribution in [-0.2, 0) is 9.47 Å². The maximum absolute atomic E-state index is 5.54. The van der Waals surface area contributed by atoms with Crippen molar-refractivity contribution in [1.29, 1.82) is 0 Å². The van der Waals surface area contributed by atoms with Crippen LogP contribution >= 0.6 is 11.8 Å². The second-order valence-corrected chi connectivity index (χ2v) is 6.11. The van der Waals surface area contributed by atoms with E-state index in [-0.39, 0.29) is 0 Å². The van der Waals surface area contributed by atoms with Crippen molar-refractivity contribution < 1.29 is 9.47 Å². The first-order valence-corrected chi connectivity index (χ1v) is 7.00. The van der Waals surface area contributed by atoms with Gasteiger partial charge in [0.2, 0.25) is 0 Å². The molecule has 0 saturated heterocycles. The third-order valence-electron chi connectivity index (χ3n) is 3.74. The Labute approximate surface area is 97.1 Å². The number of rotatable bonds is 4. The van der Waals surface area contributed by atoms with E-state index in [9.17, 15) is 0 Å². The lowest BCUT2D eigenvalue weighted by molar-refractivity contribution is 0.107. The van der Waals surface area contributed by atoms with Crippen molar-refractivity contribution in [2.45, 2.75) is 61.2 Å². The smallest absolute Gasteiger partial charge is 0.0690 e. The number of thioether (sulfide) groups is 1. The fourth-order valence-corrected chi connectivity index (χ4v) is 4.76. The highest BCUT2D eigenvalue weighted by atomic mass is 32.2. The molecule has 0 radical (unpaired) electrons. The summed E-state index contributed by atoms with van der Waals surface area (Å²) in [5.74, 6) is 0. The zero-order chi connectivity index (χ0) is 10.7. The van der Waals surface area contributed by atoms with Gasteiger partial charge >= 0.3 is 0 Å². The highest BCUT2D eigenvalue weighted by molar-refractivity contribution is 8.00. The molecule has 0 spiro atoms. The zero-order valence-corrected chi connectivity index (χ0v) is 10.6. The van der Waals surface area contributed by atoms with Gasteiger partial charge in [0.1, 0.15) is 0 Å². The third-order valence-corrected chi connectivity index (χ3v) is 5.52. The van der Waals surface area contributed by atoms with Crippen molar-refractivity contribution in [3.05, 3.63) is 0 Å². The van der Waals surface area contributed by atoms with E-state index in [1.165, 1.54) is 38.5 Å². The van der Waals surface area contributed by atoms with Crippen molar-refractivity contribution in [3.8, 4) is 0 Å². The normalized spacial score (nSPS) is 41.2. The summed E-state index contributed by atoms with van der Waals surface area (Å²) in [6.45, 7) is 0. The Hall–Kier alpha value is 0.270. The van der Waals surface area contributed by atoms with E-state index in [0.717, 1.165) is 10.5 Å². The predicted octanol–water partition coefficient (Wildman–Crippen LogP) is 2.85. The Morgan fingerprint density at radius 3 is 1.67 bits per heavy atom. The molecule has 2 saturated carbocycles. The lowest BCUT2D eigenvalue weighted by Gasteiger charge is -2.24. The minimum Gasteiger partial charge on any atom is -0.380 e. The van der Waals surface area contributed by atoms with E-state index < -0.39 is 0 Å². The molecule has 0 aromatic heterocycles. The van der Waals surface area contributed by atoms with Gasteiger partial charge in [-0.3, -0.25) is 0 Å². The van der Waals surface area contributed by atoms with Gasteiger partial charge in [0.05, 0.1) is 12.2 Å². The number of methoxy groups -OCH3 is 2. The SMILES string of the molecule is COC1CCCC1SC1CCCC1OC. The summed E-state index contributed by atoms with van der Waals surface area (Å²) >= 11 is 2.13. The molecule has 0 bridgehead atoms. The van der Waals surface area contributed by atoms with Crippen LogP contribution in [0.4, 0.5) is 0 Å². The Morgan fingerprint density at radius 2 is 1.27 bits per heavy atom. The fourth-order valence-electron chi connectivity index (χ4n) is 2.86. The van der Waals surface area contributed by atoms with E-state index in [4.69, 9.17) is 9.47 Å². The molecule has 2 fully saturated rings. The van der Waals surface area contributed by atoms with Gasteiger partial charge in [-0.05, 0) is 38.5 Å². The van der Waals surface area contributed by atoms with E-state index in [1.807, 2.05) is 14.2 Å². The van der Waals surface area contributed by atoms with Crippen LogP contribution in [0.25, 0.3) is 0 Å². The van der Waals surface area contributed by atoms with Crippen molar-refractivity contribution in [3.63, 3.8) is 0 Å². The van der Waals surface area contributed by atoms with E-state index in [1.54, 1.807) is 0 Å². The van der Waals surface area contributed by atoms with Gasteiger partial charge in [-0.2, -0.15) is 0 Å². The molecule has 88 valence electrons. The number of ether oxygens (including phenoxy) is 2. The minimum absolute atomic E-state index is 0.494. The van der Waals surface area contributed by atoms with Gasteiger partial charge < -0.3 is 9.47 Å². The van der Waals surface area contributed by atoms with Crippen LogP contribution in [0.3, 0.4) is 0 Å². The first-order valence-electron chi connectivity index (χ1n) is 6.06. The Bertz CT molecular complexity index is 178. The molecule has 2 aliphatic rings. The van der Waals surface area contributed by atoms with Crippen molar-refractivity contribution in [2.24, 2.45) is 0 Å². The average molecular weight is 230 g/mol. The lowest BCUT2D eigenvalue weighted by Crippen LogP contribution is -2.26. The maximum Gasteiger partial charge on any atom is 0.0690 e. The maximum atomic E-state index is 5.54. The lowest BCUT2D eigenvalue weighted by atomic mass is 10.3. The topological polar surface area (TPSA) is 18.5 Å². The molecule has 0 aromatic carbocycles. The molecule has 4 atom stereocenters. The predicted molar refractivity (Wildman–Crippen MR) is 64.5 cm³/mol. The van der Waals surface area contributed by atoms with E-state index in [0.29, 0.717) is 12.2 Å². The average Bonchev–Trinajstić information content (AvgIpc) is 2.87. The Kier molecular flexibility index (Phi) is 4.35. The molecular weight excluding hydrogens is 208 g/mol. The van der Waals surface area contributed by atoms with Crippen LogP contribution in [0.15, 0.2) is 0 Å². The van der Waals surface area contributed by atoms with Gasteiger partial charge in [0.25, 0.3) is 0 Å². The van der Waals surface area contributed by atoms with E-state index >= 15 is 0 Å². The molecule has 0 aromatic rings. The van der Waals surface area contributed by atoms with Crippen molar-refractivity contribution in [1.82, 2.24) is 0 Å². The van der Waals surface area contributed by atoms with Gasteiger partial charge in [-0.1, -0.05) is 0 Å². The van der Waals surface area contributed by atoms with Crippen LogP contribution in [0.1, 0.15) is 38.5 Å². The van der Waals surface area contributed by atoms with Crippen LogP contribution in [0.5, 0.6) is 0 Å².